The zero-order valence-corrected chi connectivity index (χ0v) is 33.2. The van der Waals surface area contributed by atoms with E-state index >= 15 is 0 Å². The Morgan fingerprint density at radius 1 is 0.421 bits per heavy atom. The predicted octanol–water partition coefficient (Wildman–Crippen LogP) is 7.56. The lowest BCUT2D eigenvalue weighted by molar-refractivity contribution is -0.119. The number of carbonyl (C=O) groups is 2. The van der Waals surface area contributed by atoms with Crippen LogP contribution in [0.4, 0.5) is 0 Å². The summed E-state index contributed by atoms with van der Waals surface area (Å²) in [6.45, 7) is 0. The fourth-order valence-corrected chi connectivity index (χ4v) is 6.24. The lowest BCUT2D eigenvalue weighted by Gasteiger charge is -2.19. The van der Waals surface area contributed by atoms with Gasteiger partial charge in [0.25, 0.3) is 0 Å². The van der Waals surface area contributed by atoms with Gasteiger partial charge in [-0.25, -0.2) is 0 Å². The van der Waals surface area contributed by atoms with E-state index in [9.17, 15) is 20.1 Å². The maximum absolute atomic E-state index is 11.7. The van der Waals surface area contributed by atoms with Crippen LogP contribution in [0.5, 0.6) is 46.0 Å². The third-order valence-corrected chi connectivity index (χ3v) is 9.36. The van der Waals surface area contributed by atoms with Crippen molar-refractivity contribution in [2.75, 3.05) is 56.9 Å². The summed E-state index contributed by atoms with van der Waals surface area (Å²) in [6.07, 6.45) is 3.44. The molecule has 12 nitrogen and oxygen atoms in total. The number of ether oxygens (including phenoxy) is 8. The number of nitriles is 2. The molecule has 0 aliphatic carbocycles. The van der Waals surface area contributed by atoms with Gasteiger partial charge in [-0.1, -0.05) is 31.7 Å². The molecule has 4 aromatic rings. The quantitative estimate of drug-likeness (QED) is 0.0813. The normalized spacial score (nSPS) is 12.2. The monoisotopic (exact) mass is 782 g/mol. The first-order chi connectivity index (χ1) is 27.2. The van der Waals surface area contributed by atoms with E-state index in [1.54, 1.807) is 81.1 Å². The third kappa shape index (κ3) is 12.8. The van der Waals surface area contributed by atoms with Gasteiger partial charge < -0.3 is 47.5 Å². The Kier molecular flexibility index (Phi) is 19.8. The second-order valence-corrected chi connectivity index (χ2v) is 12.6. The molecule has 4 rings (SSSR count). The van der Waals surface area contributed by atoms with Gasteiger partial charge in [-0.3, -0.25) is 0 Å². The number of hydrogen-bond donors (Lipinski definition) is 0. The van der Waals surface area contributed by atoms with Crippen LogP contribution in [0.25, 0.3) is 0 Å². The van der Waals surface area contributed by atoms with E-state index in [-0.39, 0.29) is 7.43 Å². The molecule has 0 heterocycles. The second-order valence-electron chi connectivity index (χ2n) is 12.6. The summed E-state index contributed by atoms with van der Waals surface area (Å²) in [5, 5.41) is 19.4. The van der Waals surface area contributed by atoms with Gasteiger partial charge in [0.1, 0.15) is 12.6 Å². The summed E-state index contributed by atoms with van der Waals surface area (Å²) in [7, 11) is 12.5. The van der Waals surface area contributed by atoms with E-state index in [1.807, 2.05) is 48.5 Å². The topological polar surface area (TPSA) is 156 Å². The molecule has 0 saturated carbocycles. The van der Waals surface area contributed by atoms with Crippen LogP contribution < -0.4 is 37.9 Å². The van der Waals surface area contributed by atoms with Gasteiger partial charge in [0, 0.05) is 11.8 Å². The molecule has 0 unspecified atom stereocenters. The van der Waals surface area contributed by atoms with E-state index in [0.717, 1.165) is 34.8 Å². The Hall–Kier alpha value is -6.40. The van der Waals surface area contributed by atoms with Crippen molar-refractivity contribution < 1.29 is 47.5 Å². The first kappa shape index (κ1) is 46.8. The molecular formula is C45H54N2O10. The van der Waals surface area contributed by atoms with Crippen LogP contribution >= 0.6 is 0 Å². The molecule has 57 heavy (non-hydrogen) atoms. The number of rotatable bonds is 20. The molecule has 0 aromatic heterocycles. The standard InChI is InChI=1S/C22H24N2O4.C22H26O6.CH4/c2*1-25-19-7-5-15(11-21(19)27-3)9-17(13-23)18(14-24)10-16-6-8-20(26-2)22(12-16)28-4;/h5-8,11-12,17-18H,9-10H2,1-4H3;5-8,11-14,17-18H,9-10H2,1-4H3;1H4/t2*17-,18+;. The van der Waals surface area contributed by atoms with Crippen molar-refractivity contribution in [2.24, 2.45) is 23.7 Å². The van der Waals surface area contributed by atoms with Gasteiger partial charge in [-0.2, -0.15) is 10.5 Å². The summed E-state index contributed by atoms with van der Waals surface area (Å²) < 4.78 is 42.2. The van der Waals surface area contributed by atoms with Crippen LogP contribution in [-0.2, 0) is 35.3 Å². The molecule has 0 amide bonds. The molecule has 0 N–H and O–H groups in total. The van der Waals surface area contributed by atoms with E-state index in [0.29, 0.717) is 71.7 Å². The minimum atomic E-state index is -0.462. The smallest absolute Gasteiger partial charge is 0.160 e. The molecule has 304 valence electrons. The van der Waals surface area contributed by atoms with Crippen molar-refractivity contribution in [2.45, 2.75) is 33.1 Å². The summed E-state index contributed by atoms with van der Waals surface area (Å²) in [5.41, 5.74) is 3.62. The summed E-state index contributed by atoms with van der Waals surface area (Å²) in [4.78, 5) is 23.5. The van der Waals surface area contributed by atoms with Crippen LogP contribution in [0.15, 0.2) is 72.8 Å². The van der Waals surface area contributed by atoms with Crippen molar-refractivity contribution in [3.8, 4) is 58.1 Å². The van der Waals surface area contributed by atoms with Crippen LogP contribution in [0.3, 0.4) is 0 Å². The van der Waals surface area contributed by atoms with Crippen molar-refractivity contribution in [1.29, 1.82) is 10.5 Å². The van der Waals surface area contributed by atoms with Crippen LogP contribution in [0, 0.1) is 46.3 Å². The van der Waals surface area contributed by atoms with Gasteiger partial charge >= 0.3 is 0 Å². The first-order valence-electron chi connectivity index (χ1n) is 17.7. The zero-order valence-electron chi connectivity index (χ0n) is 33.2. The largest absolute Gasteiger partial charge is 0.493 e. The molecule has 0 spiro atoms. The van der Waals surface area contributed by atoms with Gasteiger partial charge in [0.05, 0.1) is 80.9 Å². The van der Waals surface area contributed by atoms with Crippen LogP contribution in [0.2, 0.25) is 0 Å². The van der Waals surface area contributed by atoms with Gasteiger partial charge in [-0.05, 0) is 96.5 Å². The Labute approximate surface area is 336 Å². The van der Waals surface area contributed by atoms with Crippen molar-refractivity contribution >= 4 is 12.6 Å². The maximum Gasteiger partial charge on any atom is 0.160 e. The molecule has 0 fully saturated rings. The Balaban J connectivity index is 0.000000387. The first-order valence-corrected chi connectivity index (χ1v) is 17.7. The molecule has 0 radical (unpaired) electrons. The molecule has 4 aromatic carbocycles. The fraction of sp³-hybridized carbons (Fsp3) is 0.378. The summed E-state index contributed by atoms with van der Waals surface area (Å²) in [5.74, 6) is 3.04. The highest BCUT2D eigenvalue weighted by Gasteiger charge is 2.24. The Morgan fingerprint density at radius 3 is 0.842 bits per heavy atom. The lowest BCUT2D eigenvalue weighted by Crippen LogP contribution is -2.22. The maximum atomic E-state index is 11.7. The zero-order chi connectivity index (χ0) is 41.0. The van der Waals surface area contributed by atoms with Crippen molar-refractivity contribution in [1.82, 2.24) is 0 Å². The van der Waals surface area contributed by atoms with E-state index in [1.165, 1.54) is 0 Å². The van der Waals surface area contributed by atoms with Crippen LogP contribution in [-0.4, -0.2) is 69.5 Å². The summed E-state index contributed by atoms with van der Waals surface area (Å²) >= 11 is 0. The predicted molar refractivity (Wildman–Crippen MR) is 217 cm³/mol. The number of carbonyl (C=O) groups excluding carboxylic acids is 2. The Bertz CT molecular complexity index is 1830. The molecule has 0 bridgehead atoms. The molecule has 0 aliphatic heterocycles. The van der Waals surface area contributed by atoms with Crippen molar-refractivity contribution in [3.63, 3.8) is 0 Å². The molecule has 12 heteroatoms. The highest BCUT2D eigenvalue weighted by molar-refractivity contribution is 5.66. The molecule has 0 saturated heterocycles. The van der Waals surface area contributed by atoms with Gasteiger partial charge in [0.15, 0.2) is 46.0 Å². The minimum Gasteiger partial charge on any atom is -0.493 e. The van der Waals surface area contributed by atoms with Gasteiger partial charge in [0.2, 0.25) is 0 Å². The number of hydrogen-bond acceptors (Lipinski definition) is 12. The second kappa shape index (κ2) is 24.2. The average molecular weight is 783 g/mol. The minimum absolute atomic E-state index is 0. The number of aldehydes is 2. The van der Waals surface area contributed by atoms with E-state index < -0.39 is 23.7 Å². The van der Waals surface area contributed by atoms with E-state index in [4.69, 9.17) is 37.9 Å². The molecule has 0 aliphatic rings. The third-order valence-electron chi connectivity index (χ3n) is 9.36. The average Bonchev–Trinajstić information content (AvgIpc) is 3.25. The van der Waals surface area contributed by atoms with Crippen molar-refractivity contribution in [3.05, 3.63) is 95.1 Å². The SMILES string of the molecule is C.COc1ccc(C[C@@H](C#N)[C@@H](C#N)Cc2ccc(OC)c(OC)c2)cc1OC.COc1ccc(C[C@@H](C=O)[C@@H](C=O)Cc2ccc(OC)c(OC)c2)cc1OC. The fourth-order valence-electron chi connectivity index (χ4n) is 6.24. The molecule has 4 atom stereocenters. The Morgan fingerprint density at radius 2 is 0.649 bits per heavy atom. The molecular weight excluding hydrogens is 728 g/mol. The number of methoxy groups -OCH3 is 8. The highest BCUT2D eigenvalue weighted by Crippen LogP contribution is 2.34. The van der Waals surface area contributed by atoms with Crippen LogP contribution in [0.1, 0.15) is 29.7 Å². The number of nitrogens with zero attached hydrogens (tertiary/aromatic N) is 2. The highest BCUT2D eigenvalue weighted by atomic mass is 16.5. The summed E-state index contributed by atoms with van der Waals surface area (Å²) in [6, 6.07) is 26.6. The lowest BCUT2D eigenvalue weighted by atomic mass is 9.84. The van der Waals surface area contributed by atoms with Gasteiger partial charge in [-0.15, -0.1) is 0 Å². The van der Waals surface area contributed by atoms with E-state index in [2.05, 4.69) is 12.1 Å². The number of benzene rings is 4.